The number of alkyl halides is 1. The van der Waals surface area contributed by atoms with Crippen LogP contribution < -0.4 is 0 Å². The molecule has 0 aliphatic carbocycles. The number of hydrogen-bond acceptors (Lipinski definition) is 2. The molecule has 0 atom stereocenters. The maximum atomic E-state index is 5.39. The van der Waals surface area contributed by atoms with Crippen LogP contribution in [0.5, 0.6) is 0 Å². The zero-order valence-electron chi connectivity index (χ0n) is 6.92. The molecule has 3 heteroatoms. The van der Waals surface area contributed by atoms with Gasteiger partial charge in [0, 0.05) is 12.4 Å². The average molecular weight is 231 g/mol. The Morgan fingerprint density at radius 3 is 3.08 bits per heavy atom. The van der Waals surface area contributed by atoms with Gasteiger partial charge in [0.15, 0.2) is 0 Å². The van der Waals surface area contributed by atoms with Crippen LogP contribution in [-0.2, 0) is 11.3 Å². The fraction of sp³-hybridized carbons (Fsp3) is 0.333. The Hall–Kier alpha value is -0.540. The van der Waals surface area contributed by atoms with Crippen LogP contribution in [0, 0.1) is 0 Å². The van der Waals surface area contributed by atoms with Crippen molar-refractivity contribution in [3.05, 3.63) is 29.7 Å². The molecule has 1 aromatic heterocycles. The molecular formula is C9H11BrO2. The summed E-state index contributed by atoms with van der Waals surface area (Å²) in [6.45, 7) is 0.530. The number of methoxy groups -OCH3 is 1. The lowest BCUT2D eigenvalue weighted by Gasteiger charge is -1.91. The summed E-state index contributed by atoms with van der Waals surface area (Å²) in [6, 6.07) is 3.84. The topological polar surface area (TPSA) is 22.4 Å². The van der Waals surface area contributed by atoms with Gasteiger partial charge < -0.3 is 9.15 Å². The van der Waals surface area contributed by atoms with E-state index in [1.165, 1.54) is 0 Å². The van der Waals surface area contributed by atoms with Gasteiger partial charge in [-0.3, -0.25) is 0 Å². The van der Waals surface area contributed by atoms with E-state index in [4.69, 9.17) is 9.15 Å². The van der Waals surface area contributed by atoms with Gasteiger partial charge in [0.05, 0.1) is 0 Å². The second-order valence-corrected chi connectivity index (χ2v) is 2.94. The normalized spacial score (nSPS) is 11.2. The Kier molecular flexibility index (Phi) is 4.11. The van der Waals surface area contributed by atoms with E-state index in [2.05, 4.69) is 15.9 Å². The lowest BCUT2D eigenvalue weighted by molar-refractivity contribution is 0.164. The van der Waals surface area contributed by atoms with Gasteiger partial charge in [0.2, 0.25) is 0 Å². The lowest BCUT2D eigenvalue weighted by atomic mass is 10.4. The van der Waals surface area contributed by atoms with Gasteiger partial charge in [-0.25, -0.2) is 0 Å². The first kappa shape index (κ1) is 9.55. The fourth-order valence-corrected chi connectivity index (χ4v) is 1.05. The summed E-state index contributed by atoms with van der Waals surface area (Å²) in [4.78, 5) is 0. The van der Waals surface area contributed by atoms with E-state index >= 15 is 0 Å². The second kappa shape index (κ2) is 5.17. The van der Waals surface area contributed by atoms with Crippen LogP contribution in [0.25, 0.3) is 6.08 Å². The summed E-state index contributed by atoms with van der Waals surface area (Å²) in [5.41, 5.74) is 0. The molecule has 0 bridgehead atoms. The van der Waals surface area contributed by atoms with Gasteiger partial charge in [-0.2, -0.15) is 0 Å². The summed E-state index contributed by atoms with van der Waals surface area (Å²) in [7, 11) is 1.65. The Bertz CT molecular complexity index is 253. The molecule has 0 amide bonds. The minimum atomic E-state index is 0.530. The van der Waals surface area contributed by atoms with Crippen LogP contribution in [0.15, 0.2) is 22.6 Å². The molecule has 0 unspecified atom stereocenters. The average Bonchev–Trinajstić information content (AvgIpc) is 2.50. The predicted molar refractivity (Wildman–Crippen MR) is 52.2 cm³/mol. The van der Waals surface area contributed by atoms with E-state index in [9.17, 15) is 0 Å². The van der Waals surface area contributed by atoms with E-state index in [0.29, 0.717) is 6.61 Å². The smallest absolute Gasteiger partial charge is 0.130 e. The van der Waals surface area contributed by atoms with Gasteiger partial charge >= 0.3 is 0 Å². The quantitative estimate of drug-likeness (QED) is 0.743. The summed E-state index contributed by atoms with van der Waals surface area (Å²) in [5, 5.41) is 0.841. The van der Waals surface area contributed by atoms with Crippen molar-refractivity contribution >= 4 is 22.0 Å². The first-order chi connectivity index (χ1) is 5.86. The third-order valence-corrected chi connectivity index (χ3v) is 1.71. The van der Waals surface area contributed by atoms with Crippen molar-refractivity contribution in [2.75, 3.05) is 12.4 Å². The van der Waals surface area contributed by atoms with Crippen molar-refractivity contribution in [1.82, 2.24) is 0 Å². The molecule has 1 aromatic rings. The SMILES string of the molecule is COCc1ccc(C=CCBr)o1. The third-order valence-electron chi connectivity index (χ3n) is 1.34. The fourth-order valence-electron chi connectivity index (χ4n) is 0.865. The standard InChI is InChI=1S/C9H11BrO2/c1-11-7-9-5-4-8(12-9)3-2-6-10/h2-5H,6-7H2,1H3. The van der Waals surface area contributed by atoms with E-state index in [-0.39, 0.29) is 0 Å². The highest BCUT2D eigenvalue weighted by molar-refractivity contribution is 9.09. The maximum absolute atomic E-state index is 5.39. The number of rotatable bonds is 4. The Labute approximate surface area is 80.3 Å². The van der Waals surface area contributed by atoms with Crippen LogP contribution in [0.2, 0.25) is 0 Å². The van der Waals surface area contributed by atoms with Gasteiger partial charge in [-0.05, 0) is 18.2 Å². The third kappa shape index (κ3) is 2.83. The molecule has 0 aliphatic heterocycles. The van der Waals surface area contributed by atoms with Crippen molar-refractivity contribution in [3.63, 3.8) is 0 Å². The van der Waals surface area contributed by atoms with Crippen LogP contribution in [0.3, 0.4) is 0 Å². The largest absolute Gasteiger partial charge is 0.459 e. The number of hydrogen-bond donors (Lipinski definition) is 0. The minimum absolute atomic E-state index is 0.530. The van der Waals surface area contributed by atoms with Crippen molar-refractivity contribution in [3.8, 4) is 0 Å². The molecule has 0 N–H and O–H groups in total. The molecular weight excluding hydrogens is 220 g/mol. The number of halogens is 1. The molecule has 2 nitrogen and oxygen atoms in total. The molecule has 1 heterocycles. The first-order valence-corrected chi connectivity index (χ1v) is 4.79. The molecule has 0 aromatic carbocycles. The Morgan fingerprint density at radius 1 is 1.58 bits per heavy atom. The molecule has 66 valence electrons. The van der Waals surface area contributed by atoms with E-state index in [0.717, 1.165) is 16.9 Å². The van der Waals surface area contributed by atoms with Crippen LogP contribution in [0.1, 0.15) is 11.5 Å². The van der Waals surface area contributed by atoms with Gasteiger partial charge in [0.25, 0.3) is 0 Å². The summed E-state index contributed by atoms with van der Waals surface area (Å²) in [6.07, 6.45) is 3.91. The highest BCUT2D eigenvalue weighted by Gasteiger charge is 1.96. The second-order valence-electron chi connectivity index (χ2n) is 2.29. The zero-order chi connectivity index (χ0) is 8.81. The lowest BCUT2D eigenvalue weighted by Crippen LogP contribution is -1.81. The molecule has 0 saturated heterocycles. The van der Waals surface area contributed by atoms with Gasteiger partial charge in [0.1, 0.15) is 18.1 Å². The van der Waals surface area contributed by atoms with E-state index in [1.807, 2.05) is 24.3 Å². The van der Waals surface area contributed by atoms with Crippen LogP contribution >= 0.6 is 15.9 Å². The summed E-state index contributed by atoms with van der Waals surface area (Å²) < 4.78 is 10.3. The molecule has 0 fully saturated rings. The highest BCUT2D eigenvalue weighted by Crippen LogP contribution is 2.10. The summed E-state index contributed by atoms with van der Waals surface area (Å²) in [5.74, 6) is 1.72. The molecule has 0 aliphatic rings. The van der Waals surface area contributed by atoms with E-state index < -0.39 is 0 Å². The molecule has 0 spiro atoms. The number of ether oxygens (including phenoxy) is 1. The zero-order valence-corrected chi connectivity index (χ0v) is 8.50. The summed E-state index contributed by atoms with van der Waals surface area (Å²) >= 11 is 3.29. The van der Waals surface area contributed by atoms with Crippen LogP contribution in [-0.4, -0.2) is 12.4 Å². The first-order valence-electron chi connectivity index (χ1n) is 3.67. The maximum Gasteiger partial charge on any atom is 0.130 e. The Balaban J connectivity index is 2.57. The van der Waals surface area contributed by atoms with Crippen molar-refractivity contribution in [2.45, 2.75) is 6.61 Å². The van der Waals surface area contributed by atoms with Gasteiger partial charge in [-0.15, -0.1) is 0 Å². The Morgan fingerprint density at radius 2 is 2.42 bits per heavy atom. The minimum Gasteiger partial charge on any atom is -0.459 e. The van der Waals surface area contributed by atoms with Gasteiger partial charge in [-0.1, -0.05) is 22.0 Å². The van der Waals surface area contributed by atoms with Crippen molar-refractivity contribution in [2.24, 2.45) is 0 Å². The number of furan rings is 1. The van der Waals surface area contributed by atoms with E-state index in [1.54, 1.807) is 7.11 Å². The molecule has 0 radical (unpaired) electrons. The predicted octanol–water partition coefficient (Wildman–Crippen LogP) is 2.83. The molecule has 1 rings (SSSR count). The monoisotopic (exact) mass is 230 g/mol. The highest BCUT2D eigenvalue weighted by atomic mass is 79.9. The van der Waals surface area contributed by atoms with Crippen molar-refractivity contribution < 1.29 is 9.15 Å². The molecule has 0 saturated carbocycles. The number of allylic oxidation sites excluding steroid dienone is 1. The molecule has 12 heavy (non-hydrogen) atoms. The van der Waals surface area contributed by atoms with Crippen molar-refractivity contribution in [1.29, 1.82) is 0 Å². The van der Waals surface area contributed by atoms with Crippen LogP contribution in [0.4, 0.5) is 0 Å².